The Morgan fingerprint density at radius 1 is 1.25 bits per heavy atom. The molecule has 0 saturated heterocycles. The first-order valence-electron chi connectivity index (χ1n) is 1.34. The van der Waals surface area contributed by atoms with E-state index in [1.54, 1.807) is 0 Å². The average Bonchev–Trinajstić information content (AvgIpc) is 0.811. The predicted molar refractivity (Wildman–Crippen MR) is 21.7 cm³/mol. The summed E-state index contributed by atoms with van der Waals surface area (Å²) < 4.78 is 0. The molecule has 0 amide bonds. The fourth-order valence-corrected chi connectivity index (χ4v) is 0. The van der Waals surface area contributed by atoms with Gasteiger partial charge in [0.05, 0.1) is 0 Å². The van der Waals surface area contributed by atoms with E-state index >= 15 is 0 Å². The average molecular weight is 63.1 g/mol. The number of hydrogen-bond acceptors (Lipinski definition) is 1. The lowest BCUT2D eigenvalue weighted by molar-refractivity contribution is 0.505. The van der Waals surface area contributed by atoms with Crippen molar-refractivity contribution in [3.8, 4) is 0 Å². The van der Waals surface area contributed by atoms with E-state index < -0.39 is 0 Å². The second-order valence-electron chi connectivity index (χ2n) is 1.34. The molecule has 0 aliphatic rings. The molecule has 0 aliphatic heterocycles. The van der Waals surface area contributed by atoms with E-state index in [4.69, 9.17) is 0 Å². The lowest BCUT2D eigenvalue weighted by atomic mass is 11.0. The molecular weight excluding hydrogens is 50.0 g/mol. The zero-order valence-corrected chi connectivity index (χ0v) is 3.45. The van der Waals surface area contributed by atoms with Crippen molar-refractivity contribution < 1.29 is 1.43 Å². The summed E-state index contributed by atoms with van der Waals surface area (Å²) in [5, 5.41) is 0. The summed E-state index contributed by atoms with van der Waals surface area (Å²) in [5.74, 6) is 0. The van der Waals surface area contributed by atoms with Gasteiger partial charge in [-0.1, -0.05) is 0 Å². The second kappa shape index (κ2) is 1.30. The third kappa shape index (κ3) is 1130. The van der Waals surface area contributed by atoms with Crippen LogP contribution < -0.4 is 0 Å². The van der Waals surface area contributed by atoms with Crippen LogP contribution in [0.25, 0.3) is 0 Å². The highest BCUT2D eigenvalue weighted by atomic mass is 15.0. The van der Waals surface area contributed by atoms with Crippen molar-refractivity contribution in [3.63, 3.8) is 0 Å². The van der Waals surface area contributed by atoms with Gasteiger partial charge in [0.2, 0.25) is 0 Å². The summed E-state index contributed by atoms with van der Waals surface area (Å²) in [6.07, 6.45) is 0. The molecule has 0 bridgehead atoms. The van der Waals surface area contributed by atoms with Crippen molar-refractivity contribution in [3.05, 3.63) is 0 Å². The van der Waals surface area contributed by atoms with Gasteiger partial charge in [-0.3, -0.25) is 0 Å². The maximum Gasteiger partial charge on any atom is 0 e. The van der Waals surface area contributed by atoms with E-state index in [1.807, 2.05) is 26.0 Å². The van der Waals surface area contributed by atoms with E-state index in [1.165, 1.54) is 0 Å². The summed E-state index contributed by atoms with van der Waals surface area (Å²) in [7, 11) is 6.00. The van der Waals surface area contributed by atoms with Crippen LogP contribution in [-0.4, -0.2) is 26.0 Å². The molecule has 0 fully saturated rings. The Balaban J connectivity index is 0. The van der Waals surface area contributed by atoms with Gasteiger partial charge >= 0.3 is 0 Å². The lowest BCUT2D eigenvalue weighted by Crippen LogP contribution is -1.99. The van der Waals surface area contributed by atoms with Gasteiger partial charge in [-0.2, -0.15) is 0 Å². The summed E-state index contributed by atoms with van der Waals surface area (Å²) in [6.45, 7) is 0. The highest BCUT2D eigenvalue weighted by molar-refractivity contribution is 4.09. The van der Waals surface area contributed by atoms with Crippen LogP contribution in [0.1, 0.15) is 1.43 Å². The molecule has 0 radical (unpaired) electrons. The predicted octanol–water partition coefficient (Wildman–Crippen LogP) is 0.424. The first kappa shape index (κ1) is 3.96. The van der Waals surface area contributed by atoms with E-state index in [-0.39, 0.29) is 1.43 Å². The van der Waals surface area contributed by atoms with Gasteiger partial charge in [-0.25, -0.2) is 0 Å². The molecule has 28 valence electrons. The third-order valence-electron chi connectivity index (χ3n) is 0. The van der Waals surface area contributed by atoms with Gasteiger partial charge in [-0.15, -0.1) is 0 Å². The maximum absolute atomic E-state index is 2.00. The molecule has 0 aromatic rings. The van der Waals surface area contributed by atoms with Crippen LogP contribution in [0, 0.1) is 0 Å². The molecule has 0 N–H and O–H groups in total. The highest BCUT2D eigenvalue weighted by Crippen LogP contribution is 1.47. The maximum atomic E-state index is 2.00. The zero-order chi connectivity index (χ0) is 3.58. The third-order valence-corrected chi connectivity index (χ3v) is 0. The van der Waals surface area contributed by atoms with Crippen LogP contribution in [0.3, 0.4) is 0 Å². The molecule has 1 heteroatoms. The Kier molecular flexibility index (Phi) is 1.28. The van der Waals surface area contributed by atoms with E-state index in [9.17, 15) is 0 Å². The Hall–Kier alpha value is -0.0400. The monoisotopic (exact) mass is 63.1 g/mol. The molecule has 0 saturated carbocycles. The fraction of sp³-hybridized carbons (Fsp3) is 1.00. The molecule has 0 aromatic heterocycles. The largest absolute Gasteiger partial charge is 0.312 e. The van der Waals surface area contributed by atoms with Crippen LogP contribution in [0.5, 0.6) is 0 Å². The topological polar surface area (TPSA) is 3.24 Å². The van der Waals surface area contributed by atoms with Crippen LogP contribution in [-0.2, 0) is 0 Å². The normalized spacial score (nSPS) is 9.00. The molecule has 1 nitrogen and oxygen atoms in total. The van der Waals surface area contributed by atoms with Crippen molar-refractivity contribution in [2.24, 2.45) is 0 Å². The van der Waals surface area contributed by atoms with Crippen LogP contribution in [0.2, 0.25) is 0 Å². The first-order valence-corrected chi connectivity index (χ1v) is 1.34. The molecule has 0 rings (SSSR count). The molecule has 0 spiro atoms. The van der Waals surface area contributed by atoms with Gasteiger partial charge in [0.15, 0.2) is 0 Å². The van der Waals surface area contributed by atoms with Crippen LogP contribution in [0.4, 0.5) is 0 Å². The molecule has 0 heterocycles. The number of nitrogens with zero attached hydrogens (tertiary/aromatic N) is 1. The smallest absolute Gasteiger partial charge is 0 e. The van der Waals surface area contributed by atoms with Gasteiger partial charge in [0, 0.05) is 1.43 Å². The summed E-state index contributed by atoms with van der Waals surface area (Å²) in [5.41, 5.74) is 0. The molecule has 0 aromatic carbocycles. The molecular formula is C3H11N. The summed E-state index contributed by atoms with van der Waals surface area (Å²) in [4.78, 5) is 2.00. The van der Waals surface area contributed by atoms with Gasteiger partial charge in [0.1, 0.15) is 0 Å². The summed E-state index contributed by atoms with van der Waals surface area (Å²) in [6, 6.07) is 0. The van der Waals surface area contributed by atoms with Crippen molar-refractivity contribution >= 4 is 0 Å². The fourth-order valence-electron chi connectivity index (χ4n) is 0. The SMILES string of the molecule is CN(C)C.[3HH]. The number of rotatable bonds is 0. The minimum atomic E-state index is 0. The standard InChI is InChI=1S/C3H9N.H2/c1-4(2)3;/h1-3H3;1H/i;1+2. The minimum absolute atomic E-state index is 0. The molecule has 0 aliphatic carbocycles. The zero-order valence-electron chi connectivity index (χ0n) is 3.45. The van der Waals surface area contributed by atoms with E-state index in [2.05, 4.69) is 0 Å². The highest BCUT2D eigenvalue weighted by Gasteiger charge is 1.58. The van der Waals surface area contributed by atoms with Crippen molar-refractivity contribution in [2.45, 2.75) is 0 Å². The number of hydrogen-bond donors (Lipinski definition) is 0. The van der Waals surface area contributed by atoms with Crippen molar-refractivity contribution in [1.29, 1.82) is 0 Å². The Labute approximate surface area is 28.7 Å². The lowest BCUT2D eigenvalue weighted by Gasteiger charge is -1.90. The van der Waals surface area contributed by atoms with Crippen molar-refractivity contribution in [2.75, 3.05) is 21.1 Å². The van der Waals surface area contributed by atoms with Gasteiger partial charge < -0.3 is 4.90 Å². The second-order valence-corrected chi connectivity index (χ2v) is 1.34. The minimum Gasteiger partial charge on any atom is -0.312 e. The van der Waals surface area contributed by atoms with Crippen LogP contribution >= 0.6 is 0 Å². The Morgan fingerprint density at radius 3 is 1.25 bits per heavy atom. The van der Waals surface area contributed by atoms with E-state index in [0.717, 1.165) is 0 Å². The van der Waals surface area contributed by atoms with Gasteiger partial charge in [-0.05, 0) is 21.1 Å². The van der Waals surface area contributed by atoms with Crippen molar-refractivity contribution in [1.82, 2.24) is 4.90 Å². The Bertz CT molecular complexity index is 11.6. The first-order chi connectivity index (χ1) is 1.73. The van der Waals surface area contributed by atoms with Crippen LogP contribution in [0.15, 0.2) is 0 Å². The summed E-state index contributed by atoms with van der Waals surface area (Å²) >= 11 is 0. The van der Waals surface area contributed by atoms with E-state index in [0.29, 0.717) is 0 Å². The molecule has 4 heavy (non-hydrogen) atoms. The molecule has 0 unspecified atom stereocenters. The molecule has 0 atom stereocenters. The quantitative estimate of drug-likeness (QED) is 0.394. The van der Waals surface area contributed by atoms with Gasteiger partial charge in [0.25, 0.3) is 0 Å². The Morgan fingerprint density at radius 2 is 1.25 bits per heavy atom.